The predicted octanol–water partition coefficient (Wildman–Crippen LogP) is 2.28. The zero-order chi connectivity index (χ0) is 12.5. The summed E-state index contributed by atoms with van der Waals surface area (Å²) in [5, 5.41) is 3.13. The zero-order valence-corrected chi connectivity index (χ0v) is 10.5. The number of fused-ring (bicyclic) bond motifs is 1. The van der Waals surface area contributed by atoms with Gasteiger partial charge in [-0.3, -0.25) is 4.90 Å². The first kappa shape index (κ1) is 11.4. The molecule has 4 nitrogen and oxygen atoms in total. The molecule has 0 radical (unpaired) electrons. The van der Waals surface area contributed by atoms with Crippen molar-refractivity contribution in [2.45, 2.75) is 38.1 Å². The van der Waals surface area contributed by atoms with Crippen LogP contribution in [0.25, 0.3) is 0 Å². The second kappa shape index (κ2) is 4.52. The van der Waals surface area contributed by atoms with Crippen molar-refractivity contribution in [1.82, 2.24) is 5.32 Å². The van der Waals surface area contributed by atoms with Gasteiger partial charge in [0.2, 0.25) is 0 Å². The van der Waals surface area contributed by atoms with Crippen molar-refractivity contribution in [3.05, 3.63) is 23.8 Å². The summed E-state index contributed by atoms with van der Waals surface area (Å²) < 4.78 is 0. The van der Waals surface area contributed by atoms with Gasteiger partial charge in [-0.15, -0.1) is 0 Å². The minimum Gasteiger partial charge on any atom is -0.399 e. The predicted molar refractivity (Wildman–Crippen MR) is 72.7 cm³/mol. The van der Waals surface area contributed by atoms with Gasteiger partial charge in [0.15, 0.2) is 0 Å². The average molecular weight is 245 g/mol. The van der Waals surface area contributed by atoms with Gasteiger partial charge in [0.05, 0.1) is 0 Å². The molecule has 2 aliphatic rings. The van der Waals surface area contributed by atoms with Gasteiger partial charge in [0.25, 0.3) is 0 Å². The van der Waals surface area contributed by atoms with Crippen LogP contribution < -0.4 is 16.0 Å². The van der Waals surface area contributed by atoms with Crippen molar-refractivity contribution >= 4 is 17.4 Å². The summed E-state index contributed by atoms with van der Waals surface area (Å²) in [6.45, 7) is 0.761. The summed E-state index contributed by atoms with van der Waals surface area (Å²) in [4.78, 5) is 14.1. The van der Waals surface area contributed by atoms with Crippen LogP contribution in [0.2, 0.25) is 0 Å². The topological polar surface area (TPSA) is 58.4 Å². The number of nitrogens with one attached hydrogen (secondary N) is 1. The number of anilines is 2. The molecule has 4 heteroatoms. The van der Waals surface area contributed by atoms with Gasteiger partial charge in [-0.1, -0.05) is 12.8 Å². The lowest BCUT2D eigenvalue weighted by atomic mass is 10.1. The van der Waals surface area contributed by atoms with Gasteiger partial charge < -0.3 is 11.1 Å². The molecular formula is C14H19N3O. The van der Waals surface area contributed by atoms with Crippen LogP contribution in [0, 0.1) is 0 Å². The number of carbonyl (C=O) groups excluding carboxylic acids is 1. The lowest BCUT2D eigenvalue weighted by Gasteiger charge is -2.21. The summed E-state index contributed by atoms with van der Waals surface area (Å²) in [5.41, 5.74) is 8.73. The molecule has 18 heavy (non-hydrogen) atoms. The van der Waals surface area contributed by atoms with Gasteiger partial charge in [0, 0.05) is 24.0 Å². The number of amides is 2. The Morgan fingerprint density at radius 1 is 1.33 bits per heavy atom. The van der Waals surface area contributed by atoms with E-state index in [9.17, 15) is 4.79 Å². The van der Waals surface area contributed by atoms with Gasteiger partial charge in [-0.05, 0) is 43.0 Å². The van der Waals surface area contributed by atoms with Crippen molar-refractivity contribution in [1.29, 1.82) is 0 Å². The Labute approximate surface area is 107 Å². The van der Waals surface area contributed by atoms with Crippen LogP contribution in [0.4, 0.5) is 16.2 Å². The molecule has 0 saturated heterocycles. The van der Waals surface area contributed by atoms with E-state index in [1.165, 1.54) is 18.4 Å². The maximum Gasteiger partial charge on any atom is 0.322 e. The van der Waals surface area contributed by atoms with Crippen molar-refractivity contribution in [2.24, 2.45) is 0 Å². The highest BCUT2D eigenvalue weighted by Gasteiger charge is 2.27. The quantitative estimate of drug-likeness (QED) is 0.746. The summed E-state index contributed by atoms with van der Waals surface area (Å²) in [6.07, 6.45) is 5.61. The van der Waals surface area contributed by atoms with Crippen LogP contribution >= 0.6 is 0 Å². The van der Waals surface area contributed by atoms with E-state index < -0.39 is 0 Å². The fraction of sp³-hybridized carbons (Fsp3) is 0.500. The second-order valence-electron chi connectivity index (χ2n) is 5.22. The Morgan fingerprint density at radius 3 is 2.89 bits per heavy atom. The fourth-order valence-corrected chi connectivity index (χ4v) is 2.96. The van der Waals surface area contributed by atoms with Crippen LogP contribution in [0.3, 0.4) is 0 Å². The number of urea groups is 1. The van der Waals surface area contributed by atoms with E-state index in [4.69, 9.17) is 5.73 Å². The van der Waals surface area contributed by atoms with Crippen molar-refractivity contribution in [2.75, 3.05) is 17.2 Å². The van der Waals surface area contributed by atoms with Crippen molar-refractivity contribution < 1.29 is 4.79 Å². The molecule has 0 aromatic heterocycles. The first-order valence-electron chi connectivity index (χ1n) is 6.70. The molecule has 3 rings (SSSR count). The van der Waals surface area contributed by atoms with E-state index in [2.05, 4.69) is 5.32 Å². The minimum atomic E-state index is 0.0467. The molecule has 2 amide bonds. The fourth-order valence-electron chi connectivity index (χ4n) is 2.96. The maximum atomic E-state index is 12.2. The van der Waals surface area contributed by atoms with Crippen LogP contribution in [0.5, 0.6) is 0 Å². The molecule has 1 aromatic carbocycles. The van der Waals surface area contributed by atoms with Crippen molar-refractivity contribution in [3.8, 4) is 0 Å². The van der Waals surface area contributed by atoms with E-state index >= 15 is 0 Å². The van der Waals surface area contributed by atoms with E-state index in [1.807, 2.05) is 23.1 Å². The number of nitrogens with two attached hydrogens (primary N) is 1. The smallest absolute Gasteiger partial charge is 0.322 e. The third-order valence-corrected chi connectivity index (χ3v) is 3.93. The van der Waals surface area contributed by atoms with Gasteiger partial charge >= 0.3 is 6.03 Å². The van der Waals surface area contributed by atoms with Crippen LogP contribution in [0.15, 0.2) is 18.2 Å². The van der Waals surface area contributed by atoms with Gasteiger partial charge in [0.1, 0.15) is 0 Å². The molecule has 1 saturated carbocycles. The minimum absolute atomic E-state index is 0.0467. The number of hydrogen-bond donors (Lipinski definition) is 2. The Hall–Kier alpha value is -1.71. The Morgan fingerprint density at radius 2 is 2.11 bits per heavy atom. The summed E-state index contributed by atoms with van der Waals surface area (Å²) in [7, 11) is 0. The maximum absolute atomic E-state index is 12.2. The molecule has 0 spiro atoms. The molecule has 1 aromatic rings. The number of nitrogen functional groups attached to an aromatic ring is 1. The summed E-state index contributed by atoms with van der Waals surface area (Å²) >= 11 is 0. The van der Waals surface area contributed by atoms with Crippen LogP contribution in [-0.2, 0) is 6.42 Å². The average Bonchev–Trinajstić information content (AvgIpc) is 2.97. The third kappa shape index (κ3) is 2.03. The zero-order valence-electron chi connectivity index (χ0n) is 10.5. The van der Waals surface area contributed by atoms with Crippen LogP contribution in [-0.4, -0.2) is 18.6 Å². The standard InChI is InChI=1S/C14H19N3O/c15-11-5-6-13-10(9-11)7-8-17(13)14(18)16-12-3-1-2-4-12/h5-6,9,12H,1-4,7-8,15H2,(H,16,18). The third-order valence-electron chi connectivity index (χ3n) is 3.93. The van der Waals surface area contributed by atoms with Gasteiger partial charge in [-0.25, -0.2) is 4.79 Å². The van der Waals surface area contributed by atoms with Crippen LogP contribution in [0.1, 0.15) is 31.2 Å². The molecule has 0 unspecified atom stereocenters. The summed E-state index contributed by atoms with van der Waals surface area (Å²) in [6, 6.07) is 6.20. The number of hydrogen-bond acceptors (Lipinski definition) is 2. The number of nitrogens with zero attached hydrogens (tertiary/aromatic N) is 1. The Kier molecular flexibility index (Phi) is 2.86. The monoisotopic (exact) mass is 245 g/mol. The SMILES string of the molecule is Nc1ccc2c(c1)CCN2C(=O)NC1CCCC1. The summed E-state index contributed by atoms with van der Waals surface area (Å²) in [5.74, 6) is 0. The first-order valence-corrected chi connectivity index (χ1v) is 6.70. The molecule has 1 fully saturated rings. The molecular weight excluding hydrogens is 226 g/mol. The Balaban J connectivity index is 1.73. The Bertz CT molecular complexity index is 466. The molecule has 96 valence electrons. The van der Waals surface area contributed by atoms with E-state index in [1.54, 1.807) is 0 Å². The molecule has 1 heterocycles. The highest BCUT2D eigenvalue weighted by Crippen LogP contribution is 2.30. The molecule has 3 N–H and O–H groups in total. The number of rotatable bonds is 1. The number of benzene rings is 1. The van der Waals surface area contributed by atoms with E-state index in [0.717, 1.165) is 37.2 Å². The second-order valence-corrected chi connectivity index (χ2v) is 5.22. The number of carbonyl (C=O) groups is 1. The van der Waals surface area contributed by atoms with E-state index in [-0.39, 0.29) is 6.03 Å². The highest BCUT2D eigenvalue weighted by atomic mass is 16.2. The van der Waals surface area contributed by atoms with E-state index in [0.29, 0.717) is 6.04 Å². The molecule has 0 bridgehead atoms. The van der Waals surface area contributed by atoms with Crippen molar-refractivity contribution in [3.63, 3.8) is 0 Å². The molecule has 1 aliphatic heterocycles. The normalized spacial score (nSPS) is 19.0. The lowest BCUT2D eigenvalue weighted by Crippen LogP contribution is -2.43. The first-order chi connectivity index (χ1) is 8.74. The van der Waals surface area contributed by atoms with Gasteiger partial charge in [-0.2, -0.15) is 0 Å². The molecule has 0 atom stereocenters. The lowest BCUT2D eigenvalue weighted by molar-refractivity contribution is 0.243. The highest BCUT2D eigenvalue weighted by molar-refractivity contribution is 5.94. The largest absolute Gasteiger partial charge is 0.399 e. The molecule has 1 aliphatic carbocycles.